The number of fused-ring (bicyclic) bond motifs is 1. The second-order valence-corrected chi connectivity index (χ2v) is 7.49. The summed E-state index contributed by atoms with van der Waals surface area (Å²) in [5.74, 6) is 0.860. The van der Waals surface area contributed by atoms with Gasteiger partial charge in [0.1, 0.15) is 18.5 Å². The van der Waals surface area contributed by atoms with Crippen LogP contribution in [0.1, 0.15) is 37.2 Å². The van der Waals surface area contributed by atoms with Crippen LogP contribution in [0.5, 0.6) is 0 Å². The zero-order valence-electron chi connectivity index (χ0n) is 15.9. The Balaban J connectivity index is 1.53. The second kappa shape index (κ2) is 7.17. The van der Waals surface area contributed by atoms with Crippen LogP contribution >= 0.6 is 0 Å². The largest absolute Gasteiger partial charge is 0.382 e. The number of benzene rings is 1. The summed E-state index contributed by atoms with van der Waals surface area (Å²) in [6.07, 6.45) is 10.7. The standard InChI is InChI=1S/C20H23N9/c21-14-3-1-13(2-4-14)17-18(20-24-9-10-28(20)27-19(17)22)26-15-5-7-16(8-6-15)29-12-23-11-25-29/h5-14,26H,1-4,21H2,(H2,22,27)/t13-,14-. The first-order valence-electron chi connectivity index (χ1n) is 9.79. The Labute approximate surface area is 167 Å². The van der Waals surface area contributed by atoms with Gasteiger partial charge in [0, 0.05) is 29.7 Å². The van der Waals surface area contributed by atoms with Crippen molar-refractivity contribution < 1.29 is 0 Å². The van der Waals surface area contributed by atoms with E-state index in [0.717, 1.165) is 54.0 Å². The van der Waals surface area contributed by atoms with Crippen molar-refractivity contribution in [2.45, 2.75) is 37.6 Å². The number of nitrogen functional groups attached to an aromatic ring is 1. The van der Waals surface area contributed by atoms with E-state index in [1.165, 1.54) is 6.33 Å². The van der Waals surface area contributed by atoms with E-state index in [-0.39, 0.29) is 6.04 Å². The van der Waals surface area contributed by atoms with Crippen molar-refractivity contribution in [3.05, 3.63) is 54.9 Å². The second-order valence-electron chi connectivity index (χ2n) is 7.49. The number of anilines is 3. The van der Waals surface area contributed by atoms with Crippen molar-refractivity contribution in [3.8, 4) is 5.69 Å². The van der Waals surface area contributed by atoms with Gasteiger partial charge in [0.25, 0.3) is 0 Å². The van der Waals surface area contributed by atoms with E-state index in [9.17, 15) is 0 Å². The van der Waals surface area contributed by atoms with Gasteiger partial charge in [-0.15, -0.1) is 5.10 Å². The van der Waals surface area contributed by atoms with E-state index < -0.39 is 0 Å². The van der Waals surface area contributed by atoms with Gasteiger partial charge in [0.2, 0.25) is 0 Å². The van der Waals surface area contributed by atoms with Crippen LogP contribution in [0.25, 0.3) is 11.3 Å². The predicted octanol–water partition coefficient (Wildman–Crippen LogP) is 2.62. The topological polar surface area (TPSA) is 125 Å². The van der Waals surface area contributed by atoms with Crippen LogP contribution in [0.4, 0.5) is 17.2 Å². The Bertz CT molecular complexity index is 1110. The van der Waals surface area contributed by atoms with Crippen LogP contribution in [0.3, 0.4) is 0 Å². The smallest absolute Gasteiger partial charge is 0.177 e. The lowest BCUT2D eigenvalue weighted by atomic mass is 9.81. The van der Waals surface area contributed by atoms with Gasteiger partial charge in [0.15, 0.2) is 5.65 Å². The van der Waals surface area contributed by atoms with E-state index >= 15 is 0 Å². The van der Waals surface area contributed by atoms with Crippen molar-refractivity contribution in [3.63, 3.8) is 0 Å². The fourth-order valence-corrected chi connectivity index (χ4v) is 4.10. The Morgan fingerprint density at radius 2 is 1.86 bits per heavy atom. The van der Waals surface area contributed by atoms with E-state index in [2.05, 4.69) is 25.5 Å². The molecule has 1 aromatic carbocycles. The number of nitrogens with one attached hydrogen (secondary N) is 1. The van der Waals surface area contributed by atoms with Crippen molar-refractivity contribution >= 4 is 22.8 Å². The average molecular weight is 389 g/mol. The van der Waals surface area contributed by atoms with E-state index in [0.29, 0.717) is 11.7 Å². The van der Waals surface area contributed by atoms with Gasteiger partial charge in [0.05, 0.1) is 11.4 Å². The fraction of sp³-hybridized carbons (Fsp3) is 0.300. The van der Waals surface area contributed by atoms with Crippen molar-refractivity contribution in [1.29, 1.82) is 0 Å². The molecule has 0 atom stereocenters. The molecule has 1 aliphatic carbocycles. The van der Waals surface area contributed by atoms with Gasteiger partial charge in [-0.2, -0.15) is 5.10 Å². The molecular weight excluding hydrogens is 366 g/mol. The quantitative estimate of drug-likeness (QED) is 0.490. The molecule has 29 heavy (non-hydrogen) atoms. The maximum absolute atomic E-state index is 6.40. The average Bonchev–Trinajstić information content (AvgIpc) is 3.42. The Kier molecular flexibility index (Phi) is 4.36. The number of hydrogen-bond acceptors (Lipinski definition) is 7. The Morgan fingerprint density at radius 3 is 2.59 bits per heavy atom. The number of nitrogens with zero attached hydrogens (tertiary/aromatic N) is 6. The lowest BCUT2D eigenvalue weighted by Gasteiger charge is -2.28. The molecule has 0 radical (unpaired) electrons. The molecule has 3 heterocycles. The molecule has 3 aromatic heterocycles. The van der Waals surface area contributed by atoms with Gasteiger partial charge in [-0.05, 0) is 55.9 Å². The molecule has 9 heteroatoms. The molecular formula is C20H23N9. The number of imidazole rings is 1. The molecule has 1 saturated carbocycles. The number of rotatable bonds is 4. The van der Waals surface area contributed by atoms with Crippen molar-refractivity contribution in [2.24, 2.45) is 5.73 Å². The maximum atomic E-state index is 6.40. The summed E-state index contributed by atoms with van der Waals surface area (Å²) in [7, 11) is 0. The maximum Gasteiger partial charge on any atom is 0.177 e. The third-order valence-electron chi connectivity index (χ3n) is 5.61. The molecule has 0 bridgehead atoms. The molecule has 0 spiro atoms. The molecule has 1 aliphatic rings. The molecule has 0 aliphatic heterocycles. The normalized spacial score (nSPS) is 19.5. The lowest BCUT2D eigenvalue weighted by molar-refractivity contribution is 0.396. The zero-order chi connectivity index (χ0) is 19.8. The molecule has 4 aromatic rings. The van der Waals surface area contributed by atoms with Crippen LogP contribution in [0.15, 0.2) is 49.3 Å². The van der Waals surface area contributed by atoms with E-state index in [1.54, 1.807) is 21.7 Å². The van der Waals surface area contributed by atoms with Crippen LogP contribution in [0, 0.1) is 0 Å². The summed E-state index contributed by atoms with van der Waals surface area (Å²) in [4.78, 5) is 8.51. The van der Waals surface area contributed by atoms with E-state index in [4.69, 9.17) is 11.5 Å². The van der Waals surface area contributed by atoms with Gasteiger partial charge >= 0.3 is 0 Å². The lowest BCUT2D eigenvalue weighted by Crippen LogP contribution is -2.26. The first-order valence-corrected chi connectivity index (χ1v) is 9.79. The van der Waals surface area contributed by atoms with Crippen LogP contribution in [0.2, 0.25) is 0 Å². The molecule has 0 amide bonds. The Morgan fingerprint density at radius 1 is 1.07 bits per heavy atom. The van der Waals surface area contributed by atoms with Gasteiger partial charge < -0.3 is 16.8 Å². The summed E-state index contributed by atoms with van der Waals surface area (Å²) in [5, 5.41) is 12.2. The summed E-state index contributed by atoms with van der Waals surface area (Å²) in [6, 6.07) is 8.27. The van der Waals surface area contributed by atoms with Crippen LogP contribution in [-0.4, -0.2) is 35.4 Å². The highest BCUT2D eigenvalue weighted by atomic mass is 15.3. The predicted molar refractivity (Wildman–Crippen MR) is 111 cm³/mol. The number of nitrogens with two attached hydrogens (primary N) is 2. The highest BCUT2D eigenvalue weighted by Gasteiger charge is 2.27. The monoisotopic (exact) mass is 389 g/mol. The highest BCUT2D eigenvalue weighted by Crippen LogP contribution is 2.41. The summed E-state index contributed by atoms with van der Waals surface area (Å²) >= 11 is 0. The van der Waals surface area contributed by atoms with Gasteiger partial charge in [-0.1, -0.05) is 0 Å². The summed E-state index contributed by atoms with van der Waals surface area (Å²) < 4.78 is 3.44. The molecule has 5 rings (SSSR count). The third kappa shape index (κ3) is 3.29. The molecule has 0 saturated heterocycles. The minimum absolute atomic E-state index is 0.274. The highest BCUT2D eigenvalue weighted by molar-refractivity contribution is 5.80. The van der Waals surface area contributed by atoms with Crippen molar-refractivity contribution in [1.82, 2.24) is 29.4 Å². The third-order valence-corrected chi connectivity index (χ3v) is 5.61. The zero-order valence-corrected chi connectivity index (χ0v) is 15.9. The molecule has 1 fully saturated rings. The minimum Gasteiger partial charge on any atom is -0.382 e. The first kappa shape index (κ1) is 17.6. The molecule has 148 valence electrons. The van der Waals surface area contributed by atoms with Crippen molar-refractivity contribution in [2.75, 3.05) is 11.1 Å². The summed E-state index contributed by atoms with van der Waals surface area (Å²) in [5.41, 5.74) is 17.1. The summed E-state index contributed by atoms with van der Waals surface area (Å²) in [6.45, 7) is 0. The number of aromatic nitrogens is 6. The molecule has 0 unspecified atom stereocenters. The van der Waals surface area contributed by atoms with Crippen LogP contribution in [-0.2, 0) is 0 Å². The molecule has 5 N–H and O–H groups in total. The number of hydrogen-bond donors (Lipinski definition) is 3. The van der Waals surface area contributed by atoms with Gasteiger partial charge in [-0.3, -0.25) is 0 Å². The van der Waals surface area contributed by atoms with Gasteiger partial charge in [-0.25, -0.2) is 19.2 Å². The van der Waals surface area contributed by atoms with E-state index in [1.807, 2.05) is 30.5 Å². The minimum atomic E-state index is 0.274. The first-order chi connectivity index (χ1) is 14.2. The fourth-order valence-electron chi connectivity index (χ4n) is 4.10. The molecule has 9 nitrogen and oxygen atoms in total. The van der Waals surface area contributed by atoms with Crippen LogP contribution < -0.4 is 16.8 Å². The Hall–Kier alpha value is -3.46. The SMILES string of the molecule is Nc1nn2ccnc2c(Nc2ccc(-n3cncn3)cc2)c1[C@H]1CC[C@H](N)CC1.